The van der Waals surface area contributed by atoms with Crippen LogP contribution in [0.4, 0.5) is 0 Å². The van der Waals surface area contributed by atoms with Crippen molar-refractivity contribution in [2.75, 3.05) is 6.54 Å². The molecule has 0 saturated heterocycles. The fourth-order valence-corrected chi connectivity index (χ4v) is 1.91. The molecule has 1 aromatic heterocycles. The Morgan fingerprint density at radius 3 is 3.06 bits per heavy atom. The highest BCUT2D eigenvalue weighted by atomic mass is 35.5. The van der Waals surface area contributed by atoms with E-state index >= 15 is 0 Å². The average molecular weight is 266 g/mol. The Morgan fingerprint density at radius 1 is 1.39 bits per heavy atom. The Labute approximate surface area is 111 Å². The quantitative estimate of drug-likeness (QED) is 0.789. The van der Waals surface area contributed by atoms with E-state index in [1.54, 1.807) is 24.4 Å². The standard InChI is InChI=1S/C13H16ClN3O/c14-12-3-4-13(18)11(9-12)10-15-5-1-7-17-8-2-6-16-17/h2-4,6,8-9,15,18H,1,5,7,10H2. The summed E-state index contributed by atoms with van der Waals surface area (Å²) in [5.74, 6) is 0.277. The normalized spacial score (nSPS) is 10.7. The summed E-state index contributed by atoms with van der Waals surface area (Å²) >= 11 is 5.87. The Hall–Kier alpha value is -1.52. The summed E-state index contributed by atoms with van der Waals surface area (Å²) in [4.78, 5) is 0. The Morgan fingerprint density at radius 2 is 2.28 bits per heavy atom. The molecule has 0 aliphatic carbocycles. The number of nitrogens with one attached hydrogen (secondary N) is 1. The second-order valence-corrected chi connectivity index (χ2v) is 4.51. The number of rotatable bonds is 6. The number of nitrogens with zero attached hydrogens (tertiary/aromatic N) is 2. The number of phenols is 1. The topological polar surface area (TPSA) is 50.1 Å². The van der Waals surface area contributed by atoms with Crippen LogP contribution in [0.25, 0.3) is 0 Å². The van der Waals surface area contributed by atoms with Crippen LogP contribution in [0.3, 0.4) is 0 Å². The Bertz CT molecular complexity index is 485. The van der Waals surface area contributed by atoms with Gasteiger partial charge in [-0.15, -0.1) is 0 Å². The average Bonchev–Trinajstić information content (AvgIpc) is 2.86. The molecule has 0 spiro atoms. The zero-order valence-electron chi connectivity index (χ0n) is 10.0. The van der Waals surface area contributed by atoms with E-state index in [0.717, 1.165) is 25.1 Å². The summed E-state index contributed by atoms with van der Waals surface area (Å²) in [6.45, 7) is 2.37. The van der Waals surface area contributed by atoms with Crippen molar-refractivity contribution in [1.82, 2.24) is 15.1 Å². The van der Waals surface area contributed by atoms with Crippen molar-refractivity contribution >= 4 is 11.6 Å². The van der Waals surface area contributed by atoms with E-state index in [9.17, 15) is 5.11 Å². The van der Waals surface area contributed by atoms with E-state index in [1.165, 1.54) is 0 Å². The molecule has 0 saturated carbocycles. The molecule has 1 aromatic carbocycles. The molecule has 2 aromatic rings. The van der Waals surface area contributed by atoms with Gasteiger partial charge < -0.3 is 10.4 Å². The number of aromatic nitrogens is 2. The molecule has 0 atom stereocenters. The molecule has 4 nitrogen and oxygen atoms in total. The van der Waals surface area contributed by atoms with Gasteiger partial charge >= 0.3 is 0 Å². The third-order valence-corrected chi connectivity index (χ3v) is 2.89. The zero-order chi connectivity index (χ0) is 12.8. The van der Waals surface area contributed by atoms with Gasteiger partial charge in [-0.25, -0.2) is 0 Å². The Balaban J connectivity index is 1.70. The number of hydrogen-bond acceptors (Lipinski definition) is 3. The van der Waals surface area contributed by atoms with Crippen LogP contribution in [0.1, 0.15) is 12.0 Å². The fourth-order valence-electron chi connectivity index (χ4n) is 1.72. The number of aryl methyl sites for hydroxylation is 1. The van der Waals surface area contributed by atoms with E-state index < -0.39 is 0 Å². The highest BCUT2D eigenvalue weighted by molar-refractivity contribution is 6.30. The van der Waals surface area contributed by atoms with E-state index in [4.69, 9.17) is 11.6 Å². The monoisotopic (exact) mass is 265 g/mol. The molecule has 1 heterocycles. The zero-order valence-corrected chi connectivity index (χ0v) is 10.8. The van der Waals surface area contributed by atoms with Gasteiger partial charge in [0.15, 0.2) is 0 Å². The van der Waals surface area contributed by atoms with Gasteiger partial charge in [0.1, 0.15) is 5.75 Å². The number of aromatic hydroxyl groups is 1. The summed E-state index contributed by atoms with van der Waals surface area (Å²) < 4.78 is 1.90. The maximum Gasteiger partial charge on any atom is 0.120 e. The smallest absolute Gasteiger partial charge is 0.120 e. The van der Waals surface area contributed by atoms with Crippen LogP contribution in [-0.4, -0.2) is 21.4 Å². The lowest BCUT2D eigenvalue weighted by Gasteiger charge is -2.07. The van der Waals surface area contributed by atoms with Crippen LogP contribution in [0.2, 0.25) is 5.02 Å². The lowest BCUT2D eigenvalue weighted by Crippen LogP contribution is -2.16. The van der Waals surface area contributed by atoms with Crippen molar-refractivity contribution in [3.8, 4) is 5.75 Å². The SMILES string of the molecule is Oc1ccc(Cl)cc1CNCCCn1cccn1. The third-order valence-electron chi connectivity index (χ3n) is 2.66. The van der Waals surface area contributed by atoms with Gasteiger partial charge in [0.2, 0.25) is 0 Å². The number of phenolic OH excluding ortho intramolecular Hbond substituents is 1. The fraction of sp³-hybridized carbons (Fsp3) is 0.308. The maximum atomic E-state index is 9.63. The number of hydrogen-bond donors (Lipinski definition) is 2. The minimum Gasteiger partial charge on any atom is -0.508 e. The molecule has 0 unspecified atom stereocenters. The molecular formula is C13H16ClN3O. The van der Waals surface area contributed by atoms with E-state index in [-0.39, 0.29) is 5.75 Å². The van der Waals surface area contributed by atoms with Gasteiger partial charge in [-0.2, -0.15) is 5.10 Å². The van der Waals surface area contributed by atoms with E-state index in [0.29, 0.717) is 11.6 Å². The number of benzene rings is 1. The molecular weight excluding hydrogens is 250 g/mol. The molecule has 0 radical (unpaired) electrons. The molecule has 0 amide bonds. The summed E-state index contributed by atoms with van der Waals surface area (Å²) in [6.07, 6.45) is 4.71. The van der Waals surface area contributed by atoms with E-state index in [1.807, 2.05) is 16.9 Å². The van der Waals surface area contributed by atoms with Crippen molar-refractivity contribution in [1.29, 1.82) is 0 Å². The first-order valence-corrected chi connectivity index (χ1v) is 6.29. The van der Waals surface area contributed by atoms with Crippen LogP contribution in [0, 0.1) is 0 Å². The lowest BCUT2D eigenvalue weighted by molar-refractivity contribution is 0.462. The predicted octanol–water partition coefficient (Wildman–Crippen LogP) is 2.42. The van der Waals surface area contributed by atoms with Crippen molar-refractivity contribution in [2.24, 2.45) is 0 Å². The highest BCUT2D eigenvalue weighted by Crippen LogP contribution is 2.20. The first-order chi connectivity index (χ1) is 8.75. The Kier molecular flexibility index (Phi) is 4.61. The van der Waals surface area contributed by atoms with Crippen LogP contribution in [0.15, 0.2) is 36.7 Å². The van der Waals surface area contributed by atoms with Crippen molar-refractivity contribution in [3.05, 3.63) is 47.2 Å². The number of halogens is 1. The van der Waals surface area contributed by atoms with Crippen molar-refractivity contribution in [3.63, 3.8) is 0 Å². The van der Waals surface area contributed by atoms with Crippen LogP contribution in [0.5, 0.6) is 5.75 Å². The molecule has 5 heteroatoms. The van der Waals surface area contributed by atoms with Gasteiger partial charge in [-0.1, -0.05) is 11.6 Å². The van der Waals surface area contributed by atoms with Gasteiger partial charge in [-0.05, 0) is 37.2 Å². The maximum absolute atomic E-state index is 9.63. The molecule has 96 valence electrons. The summed E-state index contributed by atoms with van der Waals surface area (Å²) in [6, 6.07) is 6.98. The van der Waals surface area contributed by atoms with Gasteiger partial charge in [-0.3, -0.25) is 4.68 Å². The molecule has 0 fully saturated rings. The van der Waals surface area contributed by atoms with Crippen molar-refractivity contribution in [2.45, 2.75) is 19.5 Å². The summed E-state index contributed by atoms with van der Waals surface area (Å²) in [5, 5.41) is 17.7. The van der Waals surface area contributed by atoms with Crippen LogP contribution in [-0.2, 0) is 13.1 Å². The first kappa shape index (κ1) is 12.9. The molecule has 2 N–H and O–H groups in total. The van der Waals surface area contributed by atoms with Crippen LogP contribution >= 0.6 is 11.6 Å². The first-order valence-electron chi connectivity index (χ1n) is 5.91. The van der Waals surface area contributed by atoms with Gasteiger partial charge in [0.25, 0.3) is 0 Å². The summed E-state index contributed by atoms with van der Waals surface area (Å²) in [5.41, 5.74) is 0.821. The minimum absolute atomic E-state index is 0.277. The molecule has 18 heavy (non-hydrogen) atoms. The third kappa shape index (κ3) is 3.75. The second kappa shape index (κ2) is 6.42. The lowest BCUT2D eigenvalue weighted by atomic mass is 10.2. The molecule has 0 aliphatic rings. The van der Waals surface area contributed by atoms with E-state index in [2.05, 4.69) is 10.4 Å². The molecule has 2 rings (SSSR count). The minimum atomic E-state index is 0.277. The highest BCUT2D eigenvalue weighted by Gasteiger charge is 2.01. The van der Waals surface area contributed by atoms with Gasteiger partial charge in [0.05, 0.1) is 0 Å². The summed E-state index contributed by atoms with van der Waals surface area (Å²) in [7, 11) is 0. The second-order valence-electron chi connectivity index (χ2n) is 4.07. The van der Waals surface area contributed by atoms with Crippen molar-refractivity contribution < 1.29 is 5.11 Å². The van der Waals surface area contributed by atoms with Crippen LogP contribution < -0.4 is 5.32 Å². The predicted molar refractivity (Wildman–Crippen MR) is 71.7 cm³/mol. The largest absolute Gasteiger partial charge is 0.508 e. The van der Waals surface area contributed by atoms with Gasteiger partial charge in [0, 0.05) is 36.1 Å². The molecule has 0 bridgehead atoms. The molecule has 0 aliphatic heterocycles.